The van der Waals surface area contributed by atoms with E-state index in [0.29, 0.717) is 29.0 Å². The van der Waals surface area contributed by atoms with Gasteiger partial charge >= 0.3 is 5.97 Å². The summed E-state index contributed by atoms with van der Waals surface area (Å²) in [6, 6.07) is 6.23. The molecule has 0 spiro atoms. The van der Waals surface area contributed by atoms with Gasteiger partial charge in [-0.3, -0.25) is 9.59 Å². The highest BCUT2D eigenvalue weighted by molar-refractivity contribution is 6.31. The van der Waals surface area contributed by atoms with Crippen LogP contribution in [0.5, 0.6) is 5.75 Å². The maximum Gasteiger partial charge on any atom is 0.303 e. The van der Waals surface area contributed by atoms with Gasteiger partial charge in [0, 0.05) is 22.6 Å². The summed E-state index contributed by atoms with van der Waals surface area (Å²) in [7, 11) is 0. The summed E-state index contributed by atoms with van der Waals surface area (Å²) in [5, 5.41) is 17.9. The van der Waals surface area contributed by atoms with Crippen LogP contribution in [0.25, 0.3) is 0 Å². The predicted octanol–water partition coefficient (Wildman–Crippen LogP) is 5.01. The fourth-order valence-corrected chi connectivity index (χ4v) is 2.12. The number of aromatic hydroxyl groups is 1. The Bertz CT molecular complexity index is 697. The van der Waals surface area contributed by atoms with Gasteiger partial charge in [0.1, 0.15) is 5.75 Å². The number of rotatable bonds is 6. The molecule has 2 rings (SSSR count). The van der Waals surface area contributed by atoms with Crippen LogP contribution in [-0.2, 0) is 4.79 Å². The lowest BCUT2D eigenvalue weighted by Crippen LogP contribution is -2.02. The monoisotopic (exact) mass is 360 g/mol. The zero-order chi connectivity index (χ0) is 18.7. The molecule has 0 saturated heterocycles. The number of hydrogen-bond donors (Lipinski definition) is 2. The predicted molar refractivity (Wildman–Crippen MR) is 99.9 cm³/mol. The zero-order valence-electron chi connectivity index (χ0n) is 13.8. The van der Waals surface area contributed by atoms with Crippen molar-refractivity contribution in [3.63, 3.8) is 0 Å². The smallest absolute Gasteiger partial charge is 0.303 e. The average molecular weight is 361 g/mol. The van der Waals surface area contributed by atoms with E-state index < -0.39 is 5.97 Å². The minimum atomic E-state index is -0.730. The van der Waals surface area contributed by atoms with Crippen molar-refractivity contribution in [2.45, 2.75) is 25.7 Å². The van der Waals surface area contributed by atoms with E-state index in [1.54, 1.807) is 36.4 Å². The van der Waals surface area contributed by atoms with E-state index in [1.807, 2.05) is 6.08 Å². The van der Waals surface area contributed by atoms with Crippen LogP contribution in [-0.4, -0.2) is 22.0 Å². The second-order valence-electron chi connectivity index (χ2n) is 5.30. The van der Waals surface area contributed by atoms with Crippen LogP contribution in [0.4, 0.5) is 0 Å². The summed E-state index contributed by atoms with van der Waals surface area (Å²) in [5.41, 5.74) is 1.25. The average Bonchev–Trinajstić information content (AvgIpc) is 2.80. The fraction of sp³-hybridized carbons (Fsp3) is 0.200. The van der Waals surface area contributed by atoms with E-state index in [9.17, 15) is 9.59 Å². The molecule has 4 nitrogen and oxygen atoms in total. The third kappa shape index (κ3) is 8.18. The standard InChI is InChI=1S/C14H11ClO2.C6H10O2/c15-12-3-1-2-10(4-7-12)14(17)11-5-8-13(16)9-6-11;1-2-3-4-5-6(7)8/h1,3-9,16H,2H2;2H,1,3-5H2,(H,7,8). The quantitative estimate of drug-likeness (QED) is 0.424. The summed E-state index contributed by atoms with van der Waals surface area (Å²) in [6.45, 7) is 3.46. The molecule has 0 atom stereocenters. The molecule has 1 aliphatic carbocycles. The highest BCUT2D eigenvalue weighted by Crippen LogP contribution is 2.19. The van der Waals surface area contributed by atoms with Crippen LogP contribution in [0.2, 0.25) is 0 Å². The van der Waals surface area contributed by atoms with Crippen LogP contribution in [0.15, 0.2) is 71.8 Å². The number of Topliss-reactive ketones (excluding diaryl/α,β-unsaturated/α-hetero) is 1. The highest BCUT2D eigenvalue weighted by atomic mass is 35.5. The van der Waals surface area contributed by atoms with Gasteiger partial charge in [-0.15, -0.1) is 6.58 Å². The van der Waals surface area contributed by atoms with Crippen LogP contribution in [0.3, 0.4) is 0 Å². The third-order valence-corrected chi connectivity index (χ3v) is 3.53. The SMILES string of the molecule is C=CCCCC(=O)O.O=C(C1=CC=C(Cl)C=CC1)c1ccc(O)cc1. The van der Waals surface area contributed by atoms with Crippen molar-refractivity contribution >= 4 is 23.4 Å². The van der Waals surface area contributed by atoms with E-state index in [-0.39, 0.29) is 18.0 Å². The first-order valence-electron chi connectivity index (χ1n) is 7.83. The topological polar surface area (TPSA) is 74.6 Å². The number of phenols is 1. The molecule has 2 N–H and O–H groups in total. The summed E-state index contributed by atoms with van der Waals surface area (Å²) in [4.78, 5) is 22.0. The molecule has 0 radical (unpaired) electrons. The van der Waals surface area contributed by atoms with E-state index in [2.05, 4.69) is 6.58 Å². The normalized spacial score (nSPS) is 12.8. The molecular weight excluding hydrogens is 340 g/mol. The first kappa shape index (κ1) is 20.5. The lowest BCUT2D eigenvalue weighted by atomic mass is 10.0. The summed E-state index contributed by atoms with van der Waals surface area (Å²) >= 11 is 5.84. The van der Waals surface area contributed by atoms with Gasteiger partial charge in [-0.2, -0.15) is 0 Å². The molecule has 0 aromatic heterocycles. The van der Waals surface area contributed by atoms with E-state index in [1.165, 1.54) is 12.1 Å². The van der Waals surface area contributed by atoms with Gasteiger partial charge in [0.15, 0.2) is 5.78 Å². The molecule has 0 amide bonds. The third-order valence-electron chi connectivity index (χ3n) is 3.28. The van der Waals surface area contributed by atoms with Gasteiger partial charge in [-0.05, 0) is 55.7 Å². The second kappa shape index (κ2) is 11.0. The molecule has 0 bridgehead atoms. The fourth-order valence-electron chi connectivity index (χ4n) is 1.97. The highest BCUT2D eigenvalue weighted by Gasteiger charge is 2.11. The van der Waals surface area contributed by atoms with Gasteiger partial charge in [0.05, 0.1) is 0 Å². The van der Waals surface area contributed by atoms with E-state index in [0.717, 1.165) is 6.42 Å². The Kier molecular flexibility index (Phi) is 9.04. The number of carbonyl (C=O) groups is 2. The number of carboxylic acid groups (broad SMARTS) is 1. The summed E-state index contributed by atoms with van der Waals surface area (Å²) < 4.78 is 0. The zero-order valence-corrected chi connectivity index (χ0v) is 14.6. The number of halogens is 1. The van der Waals surface area contributed by atoms with Crippen LogP contribution in [0.1, 0.15) is 36.0 Å². The van der Waals surface area contributed by atoms with Crippen LogP contribution >= 0.6 is 11.6 Å². The maximum absolute atomic E-state index is 12.1. The number of carboxylic acids is 1. The summed E-state index contributed by atoms with van der Waals surface area (Å²) in [6.07, 6.45) is 11.1. The Morgan fingerprint density at radius 2 is 1.88 bits per heavy atom. The Labute approximate surface area is 152 Å². The minimum absolute atomic E-state index is 0.0442. The number of aliphatic carboxylic acids is 1. The van der Waals surface area contributed by atoms with E-state index >= 15 is 0 Å². The summed E-state index contributed by atoms with van der Waals surface area (Å²) in [5.74, 6) is -0.622. The van der Waals surface area contributed by atoms with Crippen molar-refractivity contribution in [1.29, 1.82) is 0 Å². The van der Waals surface area contributed by atoms with Gasteiger partial charge < -0.3 is 10.2 Å². The van der Waals surface area contributed by atoms with Crippen molar-refractivity contribution in [1.82, 2.24) is 0 Å². The molecule has 0 aliphatic heterocycles. The Morgan fingerprint density at radius 1 is 1.20 bits per heavy atom. The lowest BCUT2D eigenvalue weighted by molar-refractivity contribution is -0.137. The molecule has 0 heterocycles. The molecule has 25 heavy (non-hydrogen) atoms. The Balaban J connectivity index is 0.000000333. The Hall–Kier alpha value is -2.59. The van der Waals surface area contributed by atoms with Crippen LogP contribution in [0, 0.1) is 0 Å². The molecule has 0 fully saturated rings. The first-order chi connectivity index (χ1) is 11.9. The maximum atomic E-state index is 12.1. The van der Waals surface area contributed by atoms with Crippen molar-refractivity contribution in [3.05, 3.63) is 77.4 Å². The van der Waals surface area contributed by atoms with E-state index in [4.69, 9.17) is 21.8 Å². The number of benzene rings is 1. The number of allylic oxidation sites excluding steroid dienone is 7. The molecule has 1 aromatic rings. The minimum Gasteiger partial charge on any atom is -0.508 e. The molecule has 132 valence electrons. The first-order valence-corrected chi connectivity index (χ1v) is 8.21. The molecule has 1 aliphatic rings. The Morgan fingerprint density at radius 3 is 2.48 bits per heavy atom. The number of hydrogen-bond acceptors (Lipinski definition) is 3. The van der Waals surface area contributed by atoms with Crippen molar-refractivity contribution in [2.75, 3.05) is 0 Å². The largest absolute Gasteiger partial charge is 0.508 e. The van der Waals surface area contributed by atoms with Crippen molar-refractivity contribution < 1.29 is 19.8 Å². The lowest BCUT2D eigenvalue weighted by Gasteiger charge is -2.03. The second-order valence-corrected chi connectivity index (χ2v) is 5.74. The van der Waals surface area contributed by atoms with Crippen molar-refractivity contribution in [3.8, 4) is 5.75 Å². The molecule has 0 unspecified atom stereocenters. The van der Waals surface area contributed by atoms with Crippen LogP contribution < -0.4 is 0 Å². The molecular formula is C20H21ClO4. The van der Waals surface area contributed by atoms with Gasteiger partial charge in [0.25, 0.3) is 0 Å². The number of ketones is 1. The van der Waals surface area contributed by atoms with Gasteiger partial charge in [0.2, 0.25) is 0 Å². The van der Waals surface area contributed by atoms with Gasteiger partial charge in [-0.25, -0.2) is 0 Å². The van der Waals surface area contributed by atoms with Gasteiger partial charge in [-0.1, -0.05) is 29.8 Å². The molecule has 0 saturated carbocycles. The number of phenolic OH excluding ortho intramolecular Hbond substituents is 1. The molecule has 5 heteroatoms. The van der Waals surface area contributed by atoms with Crippen molar-refractivity contribution in [2.24, 2.45) is 0 Å². The number of unbranched alkanes of at least 4 members (excludes halogenated alkanes) is 1. The molecule has 1 aromatic carbocycles. The number of carbonyl (C=O) groups excluding carboxylic acids is 1.